The average molecular weight is 591 g/mol. The van der Waals surface area contributed by atoms with Crippen LogP contribution < -0.4 is 0 Å². The highest BCUT2D eigenvalue weighted by Gasteiger charge is 2.16. The number of allylic oxidation sites excluding steroid dienone is 8. The number of carbonyl (C=O) groups is 2. The van der Waals surface area contributed by atoms with E-state index in [-0.39, 0.29) is 31.3 Å². The number of hydrogen-bond donors (Lipinski definition) is 2. The fourth-order valence-corrected chi connectivity index (χ4v) is 4.21. The number of aliphatic hydroxyl groups excluding tert-OH is 2. The number of unbranched alkanes of at least 4 members (excludes halogenated alkanes) is 6. The van der Waals surface area contributed by atoms with Crippen LogP contribution in [0.1, 0.15) is 136 Å². The summed E-state index contributed by atoms with van der Waals surface area (Å²) in [5.41, 5.74) is 0. The minimum absolute atomic E-state index is 0.105. The molecule has 1 unspecified atom stereocenters. The van der Waals surface area contributed by atoms with E-state index < -0.39 is 6.10 Å². The van der Waals surface area contributed by atoms with Gasteiger partial charge in [-0.25, -0.2) is 0 Å². The van der Waals surface area contributed by atoms with Gasteiger partial charge < -0.3 is 19.7 Å². The van der Waals surface area contributed by atoms with Crippen molar-refractivity contribution in [2.24, 2.45) is 5.92 Å². The Bertz CT molecular complexity index is 754. The molecule has 0 aliphatic carbocycles. The third kappa shape index (κ3) is 28.0. The second-order valence-corrected chi connectivity index (χ2v) is 11.3. The molecular weight excluding hydrogens is 528 g/mol. The van der Waals surface area contributed by atoms with Gasteiger partial charge in [-0.3, -0.25) is 9.59 Å². The normalized spacial score (nSPS) is 14.3. The minimum atomic E-state index is -0.800. The Balaban J connectivity index is 3.75. The van der Waals surface area contributed by atoms with Gasteiger partial charge in [-0.2, -0.15) is 0 Å². The first-order chi connectivity index (χ1) is 20.4. The zero-order chi connectivity index (χ0) is 31.1. The van der Waals surface area contributed by atoms with Crippen molar-refractivity contribution in [3.8, 4) is 0 Å². The topological polar surface area (TPSA) is 93.1 Å². The maximum atomic E-state index is 12.1. The maximum Gasteiger partial charge on any atom is 0.306 e. The lowest BCUT2D eigenvalue weighted by Gasteiger charge is -2.15. The summed E-state index contributed by atoms with van der Waals surface area (Å²) in [7, 11) is 0. The van der Waals surface area contributed by atoms with Crippen LogP contribution in [-0.2, 0) is 19.1 Å². The highest BCUT2D eigenvalue weighted by atomic mass is 16.6. The summed E-state index contributed by atoms with van der Waals surface area (Å²) in [5, 5.41) is 19.0. The van der Waals surface area contributed by atoms with Crippen LogP contribution in [0.3, 0.4) is 0 Å². The molecule has 0 radical (unpaired) electrons. The molecule has 0 heterocycles. The Kier molecular flexibility index (Phi) is 28.7. The van der Waals surface area contributed by atoms with Crippen LogP contribution >= 0.6 is 0 Å². The van der Waals surface area contributed by atoms with E-state index in [1.165, 1.54) is 32.1 Å². The van der Waals surface area contributed by atoms with E-state index >= 15 is 0 Å². The van der Waals surface area contributed by atoms with E-state index in [0.29, 0.717) is 19.3 Å². The van der Waals surface area contributed by atoms with Crippen LogP contribution in [-0.4, -0.2) is 47.6 Å². The quantitative estimate of drug-likeness (QED) is 0.0538. The molecule has 42 heavy (non-hydrogen) atoms. The van der Waals surface area contributed by atoms with Crippen LogP contribution in [0.4, 0.5) is 0 Å². The Hall–Kier alpha value is -2.18. The number of ether oxygens (including phenoxy) is 2. The number of rotatable bonds is 28. The van der Waals surface area contributed by atoms with Crippen LogP contribution in [0.15, 0.2) is 48.6 Å². The largest absolute Gasteiger partial charge is 0.462 e. The van der Waals surface area contributed by atoms with Gasteiger partial charge in [0.1, 0.15) is 6.61 Å². The molecule has 0 saturated carbocycles. The maximum absolute atomic E-state index is 12.1. The van der Waals surface area contributed by atoms with Crippen LogP contribution in [0.2, 0.25) is 0 Å². The van der Waals surface area contributed by atoms with Crippen molar-refractivity contribution in [1.82, 2.24) is 0 Å². The zero-order valence-corrected chi connectivity index (χ0v) is 27.0. The summed E-state index contributed by atoms with van der Waals surface area (Å²) in [5.74, 6) is 0.130. The molecule has 0 bridgehead atoms. The molecule has 0 aromatic carbocycles. The van der Waals surface area contributed by atoms with Crippen molar-refractivity contribution in [2.45, 2.75) is 149 Å². The molecule has 0 aliphatic heterocycles. The lowest BCUT2D eigenvalue weighted by Crippen LogP contribution is -2.28. The molecular formula is C36H62O6. The first kappa shape index (κ1) is 39.8. The summed E-state index contributed by atoms with van der Waals surface area (Å²) in [6, 6.07) is 0. The third-order valence-electron chi connectivity index (χ3n) is 7.33. The van der Waals surface area contributed by atoms with Gasteiger partial charge in [-0.05, 0) is 63.7 Å². The lowest BCUT2D eigenvalue weighted by atomic mass is 10.00. The van der Waals surface area contributed by atoms with Gasteiger partial charge in [0.15, 0.2) is 6.10 Å². The fourth-order valence-electron chi connectivity index (χ4n) is 4.21. The van der Waals surface area contributed by atoms with E-state index in [1.54, 1.807) is 0 Å². The molecule has 6 heteroatoms. The standard InChI is InChI=1S/C36H62O6/c1-4-32(3)26-22-18-16-17-21-25-29-36(40)42-34(30-37)31-41-35(39)28-24-20-15-13-11-9-7-6-8-10-12-14-19-23-27-33(38)5-2/h7-10,13-15,19,32-34,37-38H,4-6,11-12,16-18,20-31H2,1-3H3/b9-7-,10-8-,15-13-,19-14-/t32?,33-,34-/m0/s1. The van der Waals surface area contributed by atoms with Gasteiger partial charge in [-0.1, -0.05) is 114 Å². The number of carbonyl (C=O) groups excluding carboxylic acids is 2. The van der Waals surface area contributed by atoms with Crippen LogP contribution in [0, 0.1) is 5.92 Å². The van der Waals surface area contributed by atoms with Crippen molar-refractivity contribution >= 4 is 11.9 Å². The predicted octanol–water partition coefficient (Wildman–Crippen LogP) is 8.72. The molecule has 6 nitrogen and oxygen atoms in total. The van der Waals surface area contributed by atoms with Gasteiger partial charge in [-0.15, -0.1) is 0 Å². The van der Waals surface area contributed by atoms with Crippen LogP contribution in [0.25, 0.3) is 0 Å². The number of aliphatic hydroxyl groups is 2. The molecule has 0 saturated heterocycles. The predicted molar refractivity (Wildman–Crippen MR) is 174 cm³/mol. The highest BCUT2D eigenvalue weighted by molar-refractivity contribution is 5.70. The lowest BCUT2D eigenvalue weighted by molar-refractivity contribution is -0.161. The molecule has 0 amide bonds. The van der Waals surface area contributed by atoms with Crippen molar-refractivity contribution in [3.05, 3.63) is 48.6 Å². The second kappa shape index (κ2) is 30.3. The van der Waals surface area contributed by atoms with Gasteiger partial charge in [0.2, 0.25) is 0 Å². The Morgan fingerprint density at radius 2 is 1.21 bits per heavy atom. The first-order valence-corrected chi connectivity index (χ1v) is 16.7. The molecule has 0 spiro atoms. The number of esters is 2. The van der Waals surface area contributed by atoms with Crippen molar-refractivity contribution in [3.63, 3.8) is 0 Å². The summed E-state index contributed by atoms with van der Waals surface area (Å²) >= 11 is 0. The fraction of sp³-hybridized carbons (Fsp3) is 0.722. The van der Waals surface area contributed by atoms with E-state index in [1.807, 2.05) is 6.92 Å². The summed E-state index contributed by atoms with van der Waals surface area (Å²) < 4.78 is 10.5. The molecule has 242 valence electrons. The first-order valence-electron chi connectivity index (χ1n) is 16.7. The summed E-state index contributed by atoms with van der Waals surface area (Å²) in [6.45, 7) is 6.08. The van der Waals surface area contributed by atoms with Crippen molar-refractivity contribution < 1.29 is 29.3 Å². The third-order valence-corrected chi connectivity index (χ3v) is 7.33. The van der Waals surface area contributed by atoms with Gasteiger partial charge in [0.05, 0.1) is 12.7 Å². The Labute approximate surface area is 257 Å². The van der Waals surface area contributed by atoms with E-state index in [0.717, 1.165) is 70.1 Å². The molecule has 3 atom stereocenters. The Morgan fingerprint density at radius 3 is 1.81 bits per heavy atom. The molecule has 0 aromatic heterocycles. The zero-order valence-electron chi connectivity index (χ0n) is 27.0. The van der Waals surface area contributed by atoms with Gasteiger partial charge in [0.25, 0.3) is 0 Å². The molecule has 0 fully saturated rings. The molecule has 2 N–H and O–H groups in total. The van der Waals surface area contributed by atoms with E-state index in [9.17, 15) is 19.8 Å². The van der Waals surface area contributed by atoms with Gasteiger partial charge >= 0.3 is 11.9 Å². The smallest absolute Gasteiger partial charge is 0.306 e. The average Bonchev–Trinajstić information content (AvgIpc) is 2.99. The highest BCUT2D eigenvalue weighted by Crippen LogP contribution is 2.15. The van der Waals surface area contributed by atoms with Crippen LogP contribution in [0.5, 0.6) is 0 Å². The number of hydrogen-bond acceptors (Lipinski definition) is 6. The van der Waals surface area contributed by atoms with E-state index in [4.69, 9.17) is 9.47 Å². The van der Waals surface area contributed by atoms with Gasteiger partial charge in [0, 0.05) is 12.8 Å². The Morgan fingerprint density at radius 1 is 0.667 bits per heavy atom. The molecule has 0 rings (SSSR count). The van der Waals surface area contributed by atoms with Crippen molar-refractivity contribution in [1.29, 1.82) is 0 Å². The second-order valence-electron chi connectivity index (χ2n) is 11.3. The summed E-state index contributed by atoms with van der Waals surface area (Å²) in [4.78, 5) is 24.1. The minimum Gasteiger partial charge on any atom is -0.462 e. The molecule has 0 aromatic rings. The summed E-state index contributed by atoms with van der Waals surface area (Å²) in [6.07, 6.45) is 32.6. The van der Waals surface area contributed by atoms with Crippen molar-refractivity contribution in [2.75, 3.05) is 13.2 Å². The monoisotopic (exact) mass is 590 g/mol. The SMILES string of the molecule is CCC(C)CCCCCCCCC(=O)O[C@@H](CO)COC(=O)CCC/C=C\C/C=C\C/C=C\C/C=C\CC[C@@H](O)CC. The molecule has 0 aliphatic rings. The van der Waals surface area contributed by atoms with E-state index in [2.05, 4.69) is 62.5 Å².